The highest BCUT2D eigenvalue weighted by Gasteiger charge is 2.42. The third-order valence-electron chi connectivity index (χ3n) is 5.79. The highest BCUT2D eigenvalue weighted by Crippen LogP contribution is 2.40. The van der Waals surface area contributed by atoms with Gasteiger partial charge in [-0.25, -0.2) is 0 Å². The Hall–Kier alpha value is -0.0800. The molecule has 0 radical (unpaired) electrons. The first kappa shape index (κ1) is 12.0. The lowest BCUT2D eigenvalue weighted by molar-refractivity contribution is 0.226. The fourth-order valence-corrected chi connectivity index (χ4v) is 4.60. The molecule has 3 rings (SSSR count). The Morgan fingerprint density at radius 3 is 2.71 bits per heavy atom. The average Bonchev–Trinajstić information content (AvgIpc) is 2.95. The number of hydrogen-bond donors (Lipinski definition) is 1. The summed E-state index contributed by atoms with van der Waals surface area (Å²) in [4.78, 5) is 2.80. The maximum Gasteiger partial charge on any atom is 0.00982 e. The molecular weight excluding hydrogens is 208 g/mol. The molecule has 1 heterocycles. The number of likely N-dealkylation sites (tertiary alicyclic amines) is 1. The van der Waals surface area contributed by atoms with Crippen molar-refractivity contribution < 1.29 is 0 Å². The van der Waals surface area contributed by atoms with Crippen molar-refractivity contribution in [2.24, 2.45) is 23.5 Å². The van der Waals surface area contributed by atoms with Crippen LogP contribution >= 0.6 is 0 Å². The highest BCUT2D eigenvalue weighted by atomic mass is 15.2. The summed E-state index contributed by atoms with van der Waals surface area (Å²) in [6.45, 7) is 5.03. The van der Waals surface area contributed by atoms with Crippen LogP contribution in [0.3, 0.4) is 0 Å². The molecule has 2 saturated carbocycles. The minimum absolute atomic E-state index is 0.502. The molecule has 0 aromatic rings. The van der Waals surface area contributed by atoms with E-state index < -0.39 is 0 Å². The van der Waals surface area contributed by atoms with E-state index in [0.29, 0.717) is 6.04 Å². The van der Waals surface area contributed by atoms with E-state index in [1.54, 1.807) is 0 Å². The van der Waals surface area contributed by atoms with Gasteiger partial charge in [0.1, 0.15) is 0 Å². The van der Waals surface area contributed by atoms with Crippen LogP contribution < -0.4 is 5.73 Å². The minimum atomic E-state index is 0.502. The molecule has 1 aliphatic heterocycles. The second-order valence-corrected chi connectivity index (χ2v) is 6.71. The maximum absolute atomic E-state index is 6.31. The normalized spacial score (nSPS) is 47.3. The first-order chi connectivity index (χ1) is 8.28. The van der Waals surface area contributed by atoms with Crippen molar-refractivity contribution >= 4 is 0 Å². The first-order valence-corrected chi connectivity index (χ1v) is 7.77. The second kappa shape index (κ2) is 4.89. The molecule has 2 heteroatoms. The van der Waals surface area contributed by atoms with Crippen molar-refractivity contribution in [3.8, 4) is 0 Å². The summed E-state index contributed by atoms with van der Waals surface area (Å²) in [5.74, 6) is 2.76. The van der Waals surface area contributed by atoms with Crippen molar-refractivity contribution in [2.45, 2.75) is 64.0 Å². The average molecular weight is 236 g/mol. The summed E-state index contributed by atoms with van der Waals surface area (Å²) in [6, 6.07) is 1.40. The van der Waals surface area contributed by atoms with Crippen LogP contribution in [0.2, 0.25) is 0 Å². The third-order valence-corrected chi connectivity index (χ3v) is 5.79. The molecule has 5 unspecified atom stereocenters. The summed E-state index contributed by atoms with van der Waals surface area (Å²) in [5, 5.41) is 0. The topological polar surface area (TPSA) is 29.3 Å². The van der Waals surface area contributed by atoms with E-state index in [2.05, 4.69) is 11.8 Å². The standard InChI is InChI=1S/C15H28N2/c1-2-11-6-7-13(8-11)17-9-12-4-3-5-15(16)14(12)10-17/h11-15H,2-10,16H2,1H3. The Kier molecular flexibility index (Phi) is 3.45. The molecule has 2 aliphatic carbocycles. The molecule has 5 atom stereocenters. The van der Waals surface area contributed by atoms with Crippen LogP contribution in [0.1, 0.15) is 51.9 Å². The molecule has 2 nitrogen and oxygen atoms in total. The van der Waals surface area contributed by atoms with Crippen LogP contribution in [0.5, 0.6) is 0 Å². The minimum Gasteiger partial charge on any atom is -0.327 e. The Labute approximate surface area is 106 Å². The van der Waals surface area contributed by atoms with Gasteiger partial charge in [-0.05, 0) is 49.9 Å². The number of hydrogen-bond acceptors (Lipinski definition) is 2. The van der Waals surface area contributed by atoms with Gasteiger partial charge in [0.15, 0.2) is 0 Å². The second-order valence-electron chi connectivity index (χ2n) is 6.71. The fraction of sp³-hybridized carbons (Fsp3) is 1.00. The van der Waals surface area contributed by atoms with Gasteiger partial charge >= 0.3 is 0 Å². The van der Waals surface area contributed by atoms with Gasteiger partial charge in [0.2, 0.25) is 0 Å². The van der Waals surface area contributed by atoms with Crippen LogP contribution in [0.15, 0.2) is 0 Å². The van der Waals surface area contributed by atoms with E-state index in [-0.39, 0.29) is 0 Å². The zero-order valence-electron chi connectivity index (χ0n) is 11.3. The zero-order chi connectivity index (χ0) is 11.8. The van der Waals surface area contributed by atoms with Crippen molar-refractivity contribution in [2.75, 3.05) is 13.1 Å². The van der Waals surface area contributed by atoms with Crippen LogP contribution in [0, 0.1) is 17.8 Å². The van der Waals surface area contributed by atoms with Crippen LogP contribution in [0.4, 0.5) is 0 Å². The summed E-state index contributed by atoms with van der Waals surface area (Å²) in [6.07, 6.45) is 9.86. The van der Waals surface area contributed by atoms with Crippen LogP contribution in [-0.4, -0.2) is 30.1 Å². The van der Waals surface area contributed by atoms with Gasteiger partial charge in [0.25, 0.3) is 0 Å². The number of nitrogens with two attached hydrogens (primary N) is 1. The summed E-state index contributed by atoms with van der Waals surface area (Å²) < 4.78 is 0. The van der Waals surface area contributed by atoms with Crippen molar-refractivity contribution in [3.05, 3.63) is 0 Å². The molecular formula is C15H28N2. The lowest BCUT2D eigenvalue weighted by Gasteiger charge is -2.30. The number of nitrogens with zero attached hydrogens (tertiary/aromatic N) is 1. The Morgan fingerprint density at radius 1 is 1.12 bits per heavy atom. The van der Waals surface area contributed by atoms with Crippen LogP contribution in [0.25, 0.3) is 0 Å². The van der Waals surface area contributed by atoms with Gasteiger partial charge in [0.05, 0.1) is 0 Å². The fourth-order valence-electron chi connectivity index (χ4n) is 4.60. The van der Waals surface area contributed by atoms with E-state index in [4.69, 9.17) is 5.73 Å². The molecule has 0 bridgehead atoms. The smallest absolute Gasteiger partial charge is 0.00982 e. The number of fused-ring (bicyclic) bond motifs is 1. The first-order valence-electron chi connectivity index (χ1n) is 7.77. The summed E-state index contributed by atoms with van der Waals surface area (Å²) in [7, 11) is 0. The number of rotatable bonds is 2. The summed E-state index contributed by atoms with van der Waals surface area (Å²) in [5.41, 5.74) is 6.31. The van der Waals surface area contributed by atoms with Gasteiger partial charge < -0.3 is 5.73 Å². The molecule has 98 valence electrons. The van der Waals surface area contributed by atoms with E-state index in [0.717, 1.165) is 23.8 Å². The Morgan fingerprint density at radius 2 is 2.00 bits per heavy atom. The predicted molar refractivity (Wildman–Crippen MR) is 71.8 cm³/mol. The zero-order valence-corrected chi connectivity index (χ0v) is 11.3. The maximum atomic E-state index is 6.31. The van der Waals surface area contributed by atoms with E-state index in [1.807, 2.05) is 0 Å². The molecule has 2 N–H and O–H groups in total. The van der Waals surface area contributed by atoms with Crippen molar-refractivity contribution in [3.63, 3.8) is 0 Å². The van der Waals surface area contributed by atoms with E-state index >= 15 is 0 Å². The molecule has 1 saturated heterocycles. The molecule has 3 aliphatic rings. The van der Waals surface area contributed by atoms with Crippen molar-refractivity contribution in [1.29, 1.82) is 0 Å². The van der Waals surface area contributed by atoms with E-state index in [1.165, 1.54) is 58.0 Å². The van der Waals surface area contributed by atoms with E-state index in [9.17, 15) is 0 Å². The van der Waals surface area contributed by atoms with Gasteiger partial charge in [-0.15, -0.1) is 0 Å². The molecule has 0 spiro atoms. The highest BCUT2D eigenvalue weighted by molar-refractivity contribution is 4.96. The molecule has 3 fully saturated rings. The quantitative estimate of drug-likeness (QED) is 0.798. The molecule has 0 aromatic carbocycles. The lowest BCUT2D eigenvalue weighted by Crippen LogP contribution is -2.38. The SMILES string of the molecule is CCC1CCC(N2CC3CCCC(N)C3C2)C1. The van der Waals surface area contributed by atoms with Gasteiger partial charge in [0, 0.05) is 25.2 Å². The molecule has 0 amide bonds. The van der Waals surface area contributed by atoms with Gasteiger partial charge in [-0.1, -0.05) is 19.8 Å². The lowest BCUT2D eigenvalue weighted by atomic mass is 9.78. The van der Waals surface area contributed by atoms with Crippen molar-refractivity contribution in [1.82, 2.24) is 4.90 Å². The summed E-state index contributed by atoms with van der Waals surface area (Å²) >= 11 is 0. The van der Waals surface area contributed by atoms with Gasteiger partial charge in [-0.3, -0.25) is 4.90 Å². The molecule has 0 aromatic heterocycles. The molecule has 17 heavy (non-hydrogen) atoms. The Balaban J connectivity index is 1.60. The van der Waals surface area contributed by atoms with Gasteiger partial charge in [-0.2, -0.15) is 0 Å². The Bertz CT molecular complexity index is 266. The predicted octanol–water partition coefficient (Wildman–Crippen LogP) is 2.62. The van der Waals surface area contributed by atoms with Crippen LogP contribution in [-0.2, 0) is 0 Å². The third kappa shape index (κ3) is 2.26. The largest absolute Gasteiger partial charge is 0.327 e. The monoisotopic (exact) mass is 236 g/mol.